The van der Waals surface area contributed by atoms with Crippen molar-refractivity contribution in [2.24, 2.45) is 11.3 Å². The number of nitrogens with zero attached hydrogens (tertiary/aromatic N) is 5. The van der Waals surface area contributed by atoms with Crippen LogP contribution in [0.3, 0.4) is 0 Å². The van der Waals surface area contributed by atoms with E-state index in [0.717, 1.165) is 32.2 Å². The van der Waals surface area contributed by atoms with Gasteiger partial charge in [0.1, 0.15) is 21.3 Å². The van der Waals surface area contributed by atoms with Gasteiger partial charge in [0.2, 0.25) is 6.33 Å². The lowest BCUT2D eigenvalue weighted by Crippen LogP contribution is -2.43. The standard InChI is InChI=1S/C36H48F2N5O3S/c1-25-27-9-8-10-29(21-27)36(37,38)28-11-17-42(18-12-28)23-35(2,3)15-6-5-7-16-43-33-31(32(41(25)4)39-24-40-33)22-30(34(43)44)26-13-19-47(45,46)20-14-26/h8-10,21-22,24-26,28H,4-7,11-20,23H2,1-3H3/q+1/t25-/m1/s1. The van der Waals surface area contributed by atoms with Gasteiger partial charge >= 0.3 is 5.82 Å². The van der Waals surface area contributed by atoms with Gasteiger partial charge in [0.25, 0.3) is 11.5 Å². The van der Waals surface area contributed by atoms with Crippen LogP contribution in [-0.2, 0) is 22.3 Å². The fourth-order valence-corrected chi connectivity index (χ4v) is 9.41. The summed E-state index contributed by atoms with van der Waals surface area (Å²) in [5, 5.41) is 0.650. The Morgan fingerprint density at radius 2 is 1.70 bits per heavy atom. The van der Waals surface area contributed by atoms with Crippen molar-refractivity contribution in [1.29, 1.82) is 0 Å². The normalized spacial score (nSPS) is 27.0. The molecule has 0 spiro atoms. The average Bonchev–Trinajstić information content (AvgIpc) is 3.04. The number of alkyl halides is 2. The molecule has 8 nitrogen and oxygen atoms in total. The predicted octanol–water partition coefficient (Wildman–Crippen LogP) is 6.59. The number of aryl methyl sites for hydroxylation is 1. The summed E-state index contributed by atoms with van der Waals surface area (Å²) in [6, 6.07) is 8.09. The zero-order chi connectivity index (χ0) is 33.6. The van der Waals surface area contributed by atoms with Crippen LogP contribution in [0, 0.1) is 11.3 Å². The quantitative estimate of drug-likeness (QED) is 0.272. The van der Waals surface area contributed by atoms with E-state index in [0.29, 0.717) is 73.3 Å². The average molecular weight is 669 g/mol. The second-order valence-electron chi connectivity index (χ2n) is 14.8. The Labute approximate surface area is 276 Å². The van der Waals surface area contributed by atoms with Crippen molar-refractivity contribution in [1.82, 2.24) is 19.4 Å². The minimum Gasteiger partial charge on any atom is -0.303 e. The molecule has 0 radical (unpaired) electrons. The van der Waals surface area contributed by atoms with Gasteiger partial charge in [-0.2, -0.15) is 4.98 Å². The van der Waals surface area contributed by atoms with Crippen LogP contribution in [0.25, 0.3) is 11.0 Å². The second kappa shape index (κ2) is 13.1. The van der Waals surface area contributed by atoms with E-state index < -0.39 is 27.7 Å². The predicted molar refractivity (Wildman–Crippen MR) is 182 cm³/mol. The summed E-state index contributed by atoms with van der Waals surface area (Å²) >= 11 is 0. The number of aromatic nitrogens is 3. The topological polar surface area (TPSA) is 88.2 Å². The third-order valence-electron chi connectivity index (χ3n) is 10.9. The summed E-state index contributed by atoms with van der Waals surface area (Å²) in [5.41, 5.74) is 1.71. The van der Waals surface area contributed by atoms with E-state index in [1.54, 1.807) is 21.3 Å². The molecule has 47 heavy (non-hydrogen) atoms. The van der Waals surface area contributed by atoms with E-state index in [1.807, 2.05) is 19.1 Å². The van der Waals surface area contributed by atoms with E-state index in [9.17, 15) is 13.2 Å². The van der Waals surface area contributed by atoms with Crippen molar-refractivity contribution >= 4 is 33.4 Å². The highest BCUT2D eigenvalue weighted by atomic mass is 32.2. The van der Waals surface area contributed by atoms with Crippen LogP contribution in [-0.4, -0.2) is 70.3 Å². The number of pyridine rings is 1. The Morgan fingerprint density at radius 1 is 0.979 bits per heavy atom. The third-order valence-corrected chi connectivity index (χ3v) is 12.6. The summed E-state index contributed by atoms with van der Waals surface area (Å²) in [6.45, 7) is 13.5. The number of benzene rings is 1. The van der Waals surface area contributed by atoms with Crippen LogP contribution in [0.5, 0.6) is 0 Å². The molecular weight excluding hydrogens is 620 g/mol. The van der Waals surface area contributed by atoms with Crippen molar-refractivity contribution in [2.45, 2.75) is 96.6 Å². The number of hydrogen-bond donors (Lipinski definition) is 0. The number of rotatable bonds is 1. The van der Waals surface area contributed by atoms with Gasteiger partial charge in [-0.1, -0.05) is 44.9 Å². The Hall–Kier alpha value is -3.05. The zero-order valence-corrected chi connectivity index (χ0v) is 28.7. The first kappa shape index (κ1) is 33.8. The van der Waals surface area contributed by atoms with Crippen LogP contribution >= 0.6 is 0 Å². The van der Waals surface area contributed by atoms with E-state index >= 15 is 8.78 Å². The number of piperidine rings is 1. The first-order valence-electron chi connectivity index (χ1n) is 17.1. The van der Waals surface area contributed by atoms with Crippen molar-refractivity contribution in [2.75, 3.05) is 31.1 Å². The molecule has 0 aliphatic carbocycles. The van der Waals surface area contributed by atoms with Crippen LogP contribution in [0.4, 0.5) is 14.6 Å². The molecule has 254 valence electrons. The zero-order valence-electron chi connectivity index (χ0n) is 27.9. The van der Waals surface area contributed by atoms with E-state index in [2.05, 4.69) is 35.4 Å². The molecule has 2 aromatic heterocycles. The van der Waals surface area contributed by atoms with Crippen LogP contribution in [0.1, 0.15) is 101 Å². The fourth-order valence-electron chi connectivity index (χ4n) is 7.91. The maximum Gasteiger partial charge on any atom is 0.335 e. The summed E-state index contributed by atoms with van der Waals surface area (Å²) in [7, 11) is -3.11. The number of fused-ring (bicyclic) bond motifs is 9. The molecule has 8 bridgehead atoms. The molecule has 11 heteroatoms. The molecule has 1 aromatic carbocycles. The lowest BCUT2D eigenvalue weighted by molar-refractivity contribution is -0.480. The fraction of sp³-hybridized carbons (Fsp3) is 0.611. The van der Waals surface area contributed by atoms with Gasteiger partial charge in [-0.25, -0.2) is 21.8 Å². The van der Waals surface area contributed by atoms with Crippen LogP contribution in [0.15, 0.2) is 41.5 Å². The molecule has 0 saturated carbocycles. The maximum atomic E-state index is 16.1. The largest absolute Gasteiger partial charge is 0.335 e. The molecule has 3 aromatic rings. The smallest absolute Gasteiger partial charge is 0.303 e. The van der Waals surface area contributed by atoms with Crippen molar-refractivity contribution in [3.05, 3.63) is 63.7 Å². The van der Waals surface area contributed by atoms with Gasteiger partial charge in [0.05, 0.1) is 18.2 Å². The molecule has 7 rings (SSSR count). The van der Waals surface area contributed by atoms with Gasteiger partial charge in [-0.3, -0.25) is 9.36 Å². The molecule has 0 amide bonds. The van der Waals surface area contributed by atoms with Crippen LogP contribution in [0.2, 0.25) is 0 Å². The van der Waals surface area contributed by atoms with E-state index in [1.165, 1.54) is 12.4 Å². The van der Waals surface area contributed by atoms with E-state index in [4.69, 9.17) is 0 Å². The number of halogens is 2. The second-order valence-corrected chi connectivity index (χ2v) is 17.1. The maximum absolute atomic E-state index is 16.1. The lowest BCUT2D eigenvalue weighted by Gasteiger charge is -2.39. The van der Waals surface area contributed by atoms with Crippen molar-refractivity contribution in [3.8, 4) is 0 Å². The van der Waals surface area contributed by atoms with Gasteiger partial charge in [0.15, 0.2) is 5.65 Å². The Bertz CT molecular complexity index is 1800. The third kappa shape index (κ3) is 7.07. The SMILES string of the molecule is C=[N+]1c2ncnc3c2cc(C2CCS(=O)(=O)CC2)c(=O)n3CCCCCC(C)(C)CN2CCC(CC2)C(F)(F)c2cccc(c2)[C@H]1C. The Balaban J connectivity index is 1.43. The monoisotopic (exact) mass is 668 g/mol. The first-order valence-corrected chi connectivity index (χ1v) is 19.0. The molecule has 0 N–H and O–H groups in total. The molecule has 1 atom stereocenters. The summed E-state index contributed by atoms with van der Waals surface area (Å²) in [4.78, 5) is 25.6. The van der Waals surface area contributed by atoms with Gasteiger partial charge in [-0.05, 0) is 92.6 Å². The van der Waals surface area contributed by atoms with Gasteiger partial charge < -0.3 is 4.90 Å². The lowest BCUT2D eigenvalue weighted by atomic mass is 9.83. The highest BCUT2D eigenvalue weighted by Gasteiger charge is 2.43. The Kier molecular flexibility index (Phi) is 9.43. The van der Waals surface area contributed by atoms with Crippen molar-refractivity contribution in [3.63, 3.8) is 0 Å². The number of sulfone groups is 1. The highest BCUT2D eigenvalue weighted by Crippen LogP contribution is 2.43. The first-order chi connectivity index (χ1) is 22.3. The van der Waals surface area contributed by atoms with E-state index in [-0.39, 0.29) is 34.0 Å². The molecule has 2 fully saturated rings. The Morgan fingerprint density at radius 3 is 2.43 bits per heavy atom. The molecule has 2 saturated heterocycles. The van der Waals surface area contributed by atoms with Gasteiger partial charge in [0, 0.05) is 30.1 Å². The van der Waals surface area contributed by atoms with Crippen molar-refractivity contribution < 1.29 is 21.8 Å². The minimum absolute atomic E-state index is 0.0239. The molecular formula is C36H48F2N5O3S+. The molecule has 4 aliphatic rings. The summed E-state index contributed by atoms with van der Waals surface area (Å²) < 4.78 is 60.1. The van der Waals surface area contributed by atoms with Gasteiger partial charge in [-0.15, -0.1) is 0 Å². The molecule has 6 heterocycles. The number of hydrogen-bond acceptors (Lipinski definition) is 6. The molecule has 0 unspecified atom stereocenters. The minimum atomic E-state index is -3.11. The summed E-state index contributed by atoms with van der Waals surface area (Å²) in [6.07, 6.45) is 6.87. The highest BCUT2D eigenvalue weighted by molar-refractivity contribution is 7.91. The van der Waals surface area contributed by atoms with Crippen LogP contribution < -0.4 is 5.56 Å². The molecule has 4 aliphatic heterocycles. The summed E-state index contributed by atoms with van der Waals surface area (Å²) in [5.74, 6) is -3.25.